The Bertz CT molecular complexity index is 957. The van der Waals surface area contributed by atoms with Gasteiger partial charge in [-0.15, -0.1) is 0 Å². The Balaban J connectivity index is 2.23. The number of ether oxygens (including phenoxy) is 1. The van der Waals surface area contributed by atoms with Crippen molar-refractivity contribution in [3.63, 3.8) is 0 Å². The molecule has 0 atom stereocenters. The van der Waals surface area contributed by atoms with E-state index in [1.54, 1.807) is 23.1 Å². The molecule has 0 unspecified atom stereocenters. The summed E-state index contributed by atoms with van der Waals surface area (Å²) < 4.78 is 33.2. The summed E-state index contributed by atoms with van der Waals surface area (Å²) in [6, 6.07) is 12.4. The Morgan fingerprint density at radius 3 is 2.41 bits per heavy atom. The molecule has 0 heterocycles. The van der Waals surface area contributed by atoms with Crippen LogP contribution in [0.2, 0.25) is 0 Å². The molecule has 0 aliphatic carbocycles. The number of methoxy groups -OCH3 is 1. The molecule has 7 nitrogen and oxygen atoms in total. The van der Waals surface area contributed by atoms with E-state index < -0.39 is 10.1 Å². The first-order valence-corrected chi connectivity index (χ1v) is 11.2. The van der Waals surface area contributed by atoms with E-state index in [9.17, 15) is 13.2 Å². The number of anilines is 1. The Hall–Kier alpha value is -2.74. The quantitative estimate of drug-likeness (QED) is 0.652. The molecule has 0 aromatic heterocycles. The van der Waals surface area contributed by atoms with Crippen molar-refractivity contribution in [2.75, 3.05) is 18.7 Å². The highest BCUT2D eigenvalue weighted by molar-refractivity contribution is 7.86. The van der Waals surface area contributed by atoms with Crippen LogP contribution in [-0.4, -0.2) is 38.8 Å². The number of hydrogen-bond donors (Lipinski definition) is 1. The first kappa shape index (κ1) is 22.5. The zero-order chi connectivity index (χ0) is 21.6. The van der Waals surface area contributed by atoms with Crippen LogP contribution >= 0.6 is 0 Å². The minimum atomic E-state index is -3.71. The summed E-state index contributed by atoms with van der Waals surface area (Å²) in [6.45, 7) is 6.17. The van der Waals surface area contributed by atoms with Gasteiger partial charge in [-0.05, 0) is 55.7 Å². The van der Waals surface area contributed by atoms with Crippen LogP contribution in [-0.2, 0) is 23.1 Å². The van der Waals surface area contributed by atoms with Gasteiger partial charge in [-0.3, -0.25) is 0 Å². The number of nitrogens with one attached hydrogen (secondary N) is 1. The predicted molar refractivity (Wildman–Crippen MR) is 114 cm³/mol. The first-order valence-electron chi connectivity index (χ1n) is 9.36. The lowest BCUT2D eigenvalue weighted by molar-refractivity contribution is 0.193. The standard InChI is InChI=1S/C21H28N2O5S/c1-6-16-8-7-9-18(12-16)22-21(24)23(15(2)3)14-17-10-11-19(27-4)20(13-17)28-29(5,25)26/h7-13,15H,6,14H2,1-5H3,(H,22,24). The molecule has 8 heteroatoms. The van der Waals surface area contributed by atoms with Crippen LogP contribution in [0.25, 0.3) is 0 Å². The number of rotatable bonds is 8. The van der Waals surface area contributed by atoms with E-state index in [1.165, 1.54) is 7.11 Å². The highest BCUT2D eigenvalue weighted by Crippen LogP contribution is 2.30. The van der Waals surface area contributed by atoms with Gasteiger partial charge in [0.1, 0.15) is 0 Å². The fraction of sp³-hybridized carbons (Fsp3) is 0.381. The summed E-state index contributed by atoms with van der Waals surface area (Å²) in [5.74, 6) is 0.392. The molecule has 2 aromatic rings. The summed E-state index contributed by atoms with van der Waals surface area (Å²) >= 11 is 0. The monoisotopic (exact) mass is 420 g/mol. The molecule has 0 aliphatic rings. The number of carbonyl (C=O) groups excluding carboxylic acids is 1. The summed E-state index contributed by atoms with van der Waals surface area (Å²) in [7, 11) is -2.27. The number of carbonyl (C=O) groups is 1. The highest BCUT2D eigenvalue weighted by Gasteiger charge is 2.19. The normalized spacial score (nSPS) is 11.2. The predicted octanol–water partition coefficient (Wildman–Crippen LogP) is 4.04. The molecule has 0 radical (unpaired) electrons. The summed E-state index contributed by atoms with van der Waals surface area (Å²) in [5, 5.41) is 2.93. The third-order valence-electron chi connectivity index (χ3n) is 4.29. The van der Waals surface area contributed by atoms with Gasteiger partial charge in [0, 0.05) is 18.3 Å². The van der Waals surface area contributed by atoms with Crippen molar-refractivity contribution in [1.82, 2.24) is 4.90 Å². The SMILES string of the molecule is CCc1cccc(NC(=O)N(Cc2ccc(OC)c(OS(C)(=O)=O)c2)C(C)C)c1. The van der Waals surface area contributed by atoms with Crippen LogP contribution in [0.3, 0.4) is 0 Å². The topological polar surface area (TPSA) is 84.9 Å². The molecule has 0 saturated carbocycles. The number of nitrogens with zero attached hydrogens (tertiary/aromatic N) is 1. The molecule has 2 amide bonds. The van der Waals surface area contributed by atoms with Crippen molar-refractivity contribution in [2.24, 2.45) is 0 Å². The Morgan fingerprint density at radius 1 is 1.10 bits per heavy atom. The maximum atomic E-state index is 12.9. The van der Waals surface area contributed by atoms with Gasteiger partial charge >= 0.3 is 16.1 Å². The minimum Gasteiger partial charge on any atom is -0.493 e. The van der Waals surface area contributed by atoms with E-state index in [4.69, 9.17) is 8.92 Å². The minimum absolute atomic E-state index is 0.0780. The Kier molecular flexibility index (Phi) is 7.50. The maximum Gasteiger partial charge on any atom is 0.322 e. The molecular formula is C21H28N2O5S. The fourth-order valence-corrected chi connectivity index (χ4v) is 3.25. The van der Waals surface area contributed by atoms with E-state index in [0.29, 0.717) is 5.75 Å². The van der Waals surface area contributed by atoms with Gasteiger partial charge in [-0.2, -0.15) is 8.42 Å². The van der Waals surface area contributed by atoms with Crippen molar-refractivity contribution in [3.8, 4) is 11.5 Å². The highest BCUT2D eigenvalue weighted by atomic mass is 32.2. The van der Waals surface area contributed by atoms with Gasteiger partial charge in [0.2, 0.25) is 0 Å². The average molecular weight is 421 g/mol. The van der Waals surface area contributed by atoms with Crippen LogP contribution in [0.1, 0.15) is 31.9 Å². The molecule has 2 aromatic carbocycles. The van der Waals surface area contributed by atoms with Crippen LogP contribution in [0.4, 0.5) is 10.5 Å². The van der Waals surface area contributed by atoms with Crippen LogP contribution in [0.15, 0.2) is 42.5 Å². The van der Waals surface area contributed by atoms with E-state index in [-0.39, 0.29) is 24.4 Å². The average Bonchev–Trinajstić information content (AvgIpc) is 2.64. The second-order valence-electron chi connectivity index (χ2n) is 6.98. The molecule has 0 spiro atoms. The van der Waals surface area contributed by atoms with Crippen molar-refractivity contribution in [2.45, 2.75) is 39.8 Å². The van der Waals surface area contributed by atoms with Crippen molar-refractivity contribution >= 4 is 21.8 Å². The number of amides is 2. The summed E-state index contributed by atoms with van der Waals surface area (Å²) in [4.78, 5) is 14.5. The van der Waals surface area contributed by atoms with Crippen LogP contribution in [0, 0.1) is 0 Å². The van der Waals surface area contributed by atoms with Gasteiger partial charge in [0.05, 0.1) is 13.4 Å². The van der Waals surface area contributed by atoms with Gasteiger partial charge in [0.15, 0.2) is 11.5 Å². The lowest BCUT2D eigenvalue weighted by atomic mass is 10.1. The molecule has 2 rings (SSSR count). The van der Waals surface area contributed by atoms with Crippen molar-refractivity contribution in [1.29, 1.82) is 0 Å². The number of benzene rings is 2. The lowest BCUT2D eigenvalue weighted by Gasteiger charge is -2.27. The third kappa shape index (κ3) is 6.67. The first-order chi connectivity index (χ1) is 13.6. The molecule has 0 fully saturated rings. The van der Waals surface area contributed by atoms with E-state index in [0.717, 1.165) is 29.5 Å². The van der Waals surface area contributed by atoms with Crippen molar-refractivity contribution < 1.29 is 22.1 Å². The zero-order valence-corrected chi connectivity index (χ0v) is 18.2. The molecule has 1 N–H and O–H groups in total. The van der Waals surface area contributed by atoms with E-state index in [2.05, 4.69) is 12.2 Å². The van der Waals surface area contributed by atoms with Gasteiger partial charge in [-0.1, -0.05) is 25.1 Å². The molecule has 0 aliphatic heterocycles. The van der Waals surface area contributed by atoms with E-state index >= 15 is 0 Å². The number of aryl methyl sites for hydroxylation is 1. The summed E-state index contributed by atoms with van der Waals surface area (Å²) in [6.07, 6.45) is 1.85. The van der Waals surface area contributed by atoms with Crippen LogP contribution < -0.4 is 14.2 Å². The second kappa shape index (κ2) is 9.65. The Labute approximate surface area is 172 Å². The molecular weight excluding hydrogens is 392 g/mol. The molecule has 0 saturated heterocycles. The molecule has 0 bridgehead atoms. The van der Waals surface area contributed by atoms with Gasteiger partial charge < -0.3 is 19.1 Å². The smallest absolute Gasteiger partial charge is 0.322 e. The second-order valence-corrected chi connectivity index (χ2v) is 8.55. The van der Waals surface area contributed by atoms with Gasteiger partial charge in [-0.25, -0.2) is 4.79 Å². The number of hydrogen-bond acceptors (Lipinski definition) is 5. The number of urea groups is 1. The fourth-order valence-electron chi connectivity index (χ4n) is 2.80. The van der Waals surface area contributed by atoms with Gasteiger partial charge in [0.25, 0.3) is 0 Å². The maximum absolute atomic E-state index is 12.9. The Morgan fingerprint density at radius 2 is 1.83 bits per heavy atom. The third-order valence-corrected chi connectivity index (χ3v) is 4.78. The van der Waals surface area contributed by atoms with Crippen LogP contribution in [0.5, 0.6) is 11.5 Å². The zero-order valence-electron chi connectivity index (χ0n) is 17.4. The van der Waals surface area contributed by atoms with E-state index in [1.807, 2.05) is 38.1 Å². The molecule has 158 valence electrons. The molecule has 29 heavy (non-hydrogen) atoms. The summed E-state index contributed by atoms with van der Waals surface area (Å²) in [5.41, 5.74) is 2.59. The van der Waals surface area contributed by atoms with Crippen molar-refractivity contribution in [3.05, 3.63) is 53.6 Å². The largest absolute Gasteiger partial charge is 0.493 e. The lowest BCUT2D eigenvalue weighted by Crippen LogP contribution is -2.39.